The number of hydrogen-bond acceptors (Lipinski definition) is 4. The first-order valence-corrected chi connectivity index (χ1v) is 5.10. The lowest BCUT2D eigenvalue weighted by atomic mass is 10.2. The lowest BCUT2D eigenvalue weighted by Crippen LogP contribution is -2.33. The van der Waals surface area contributed by atoms with Crippen LogP contribution in [-0.4, -0.2) is 31.6 Å². The third-order valence-electron chi connectivity index (χ3n) is 1.89. The summed E-state index contributed by atoms with van der Waals surface area (Å²) in [6.45, 7) is 3.99. The van der Waals surface area contributed by atoms with Gasteiger partial charge in [-0.25, -0.2) is 4.98 Å². The van der Waals surface area contributed by atoms with E-state index >= 15 is 0 Å². The third-order valence-corrected chi connectivity index (χ3v) is 3.10. The Balaban J connectivity index is 3.01. The van der Waals surface area contributed by atoms with Crippen molar-refractivity contribution in [2.45, 2.75) is 18.6 Å². The number of rotatable bonds is 2. The van der Waals surface area contributed by atoms with Gasteiger partial charge in [0.1, 0.15) is 6.33 Å². The van der Waals surface area contributed by atoms with Crippen molar-refractivity contribution in [3.63, 3.8) is 0 Å². The Kier molecular flexibility index (Phi) is 2.98. The molecule has 0 saturated carbocycles. The quantitative estimate of drug-likeness (QED) is 0.341. The molecular formula is C8H13N3OS. The van der Waals surface area contributed by atoms with Crippen molar-refractivity contribution in [3.05, 3.63) is 18.7 Å². The fourth-order valence-electron chi connectivity index (χ4n) is 0.959. The number of imidazole rings is 1. The molecule has 0 atom stereocenters. The Morgan fingerprint density at radius 2 is 2.31 bits per heavy atom. The molecule has 0 spiro atoms. The van der Waals surface area contributed by atoms with Crippen molar-refractivity contribution in [2.24, 2.45) is 5.16 Å². The summed E-state index contributed by atoms with van der Waals surface area (Å²) in [6, 6.07) is 0. The van der Waals surface area contributed by atoms with Gasteiger partial charge in [0, 0.05) is 12.4 Å². The van der Waals surface area contributed by atoms with Gasteiger partial charge >= 0.3 is 0 Å². The van der Waals surface area contributed by atoms with E-state index in [2.05, 4.69) is 10.1 Å². The fourth-order valence-corrected chi connectivity index (χ4v) is 1.29. The molecular weight excluding hydrogens is 186 g/mol. The molecule has 0 amide bonds. The van der Waals surface area contributed by atoms with E-state index in [9.17, 15) is 0 Å². The summed E-state index contributed by atoms with van der Waals surface area (Å²) in [5.41, 5.74) is 0. The van der Waals surface area contributed by atoms with Gasteiger partial charge in [0.25, 0.3) is 0 Å². The second-order valence-corrected chi connectivity index (χ2v) is 4.54. The van der Waals surface area contributed by atoms with E-state index in [0.29, 0.717) is 5.84 Å². The summed E-state index contributed by atoms with van der Waals surface area (Å²) in [7, 11) is 0. The maximum atomic E-state index is 8.89. The van der Waals surface area contributed by atoms with Gasteiger partial charge < -0.3 is 5.21 Å². The van der Waals surface area contributed by atoms with Crippen LogP contribution in [0, 0.1) is 0 Å². The summed E-state index contributed by atoms with van der Waals surface area (Å²) in [6.07, 6.45) is 7.00. The van der Waals surface area contributed by atoms with E-state index in [1.54, 1.807) is 35.0 Å². The molecule has 1 aromatic rings. The average Bonchev–Trinajstić information content (AvgIpc) is 2.58. The van der Waals surface area contributed by atoms with Crippen LogP contribution in [0.25, 0.3) is 0 Å². The zero-order valence-corrected chi connectivity index (χ0v) is 8.75. The molecule has 0 aliphatic rings. The van der Waals surface area contributed by atoms with Crippen LogP contribution in [0.15, 0.2) is 23.9 Å². The van der Waals surface area contributed by atoms with Crippen molar-refractivity contribution < 1.29 is 5.21 Å². The van der Waals surface area contributed by atoms with Gasteiger partial charge in [0.15, 0.2) is 5.84 Å². The first-order valence-electron chi connectivity index (χ1n) is 3.88. The molecule has 5 heteroatoms. The molecule has 0 radical (unpaired) electrons. The predicted molar refractivity (Wildman–Crippen MR) is 54.4 cm³/mol. The van der Waals surface area contributed by atoms with Crippen molar-refractivity contribution >= 4 is 17.6 Å². The number of oxime groups is 1. The maximum Gasteiger partial charge on any atom is 0.169 e. The molecule has 0 unspecified atom stereocenters. The van der Waals surface area contributed by atoms with Gasteiger partial charge in [0.05, 0.1) is 4.75 Å². The average molecular weight is 199 g/mol. The molecule has 0 aliphatic carbocycles. The number of hydrogen-bond donors (Lipinski definition) is 1. The highest BCUT2D eigenvalue weighted by atomic mass is 32.2. The minimum Gasteiger partial charge on any atom is -0.409 e. The maximum absolute atomic E-state index is 8.89. The first kappa shape index (κ1) is 10.1. The van der Waals surface area contributed by atoms with Crippen LogP contribution in [0.1, 0.15) is 13.8 Å². The van der Waals surface area contributed by atoms with Crippen molar-refractivity contribution in [3.8, 4) is 0 Å². The highest BCUT2D eigenvalue weighted by Crippen LogP contribution is 2.23. The van der Waals surface area contributed by atoms with Crippen LogP contribution < -0.4 is 0 Å². The van der Waals surface area contributed by atoms with E-state index in [1.165, 1.54) is 0 Å². The van der Waals surface area contributed by atoms with Gasteiger partial charge in [-0.2, -0.15) is 11.8 Å². The molecule has 0 bridgehead atoms. The molecule has 1 N–H and O–H groups in total. The Bertz CT molecular complexity index is 292. The lowest BCUT2D eigenvalue weighted by Gasteiger charge is -2.22. The lowest BCUT2D eigenvalue weighted by molar-refractivity contribution is 0.314. The summed E-state index contributed by atoms with van der Waals surface area (Å²) in [4.78, 5) is 3.90. The number of nitrogens with zero attached hydrogens (tertiary/aromatic N) is 3. The SMILES string of the molecule is CSC(C)(C)C(=NO)n1ccnc1. The highest BCUT2D eigenvalue weighted by molar-refractivity contribution is 8.00. The largest absolute Gasteiger partial charge is 0.409 e. The van der Waals surface area contributed by atoms with Gasteiger partial charge in [-0.1, -0.05) is 5.16 Å². The van der Waals surface area contributed by atoms with Crippen LogP contribution in [0.4, 0.5) is 0 Å². The van der Waals surface area contributed by atoms with Gasteiger partial charge in [0.2, 0.25) is 0 Å². The van der Waals surface area contributed by atoms with Crippen molar-refractivity contribution in [1.29, 1.82) is 0 Å². The molecule has 0 aromatic carbocycles. The minimum atomic E-state index is -0.227. The molecule has 13 heavy (non-hydrogen) atoms. The minimum absolute atomic E-state index is 0.227. The normalized spacial score (nSPS) is 13.3. The summed E-state index contributed by atoms with van der Waals surface area (Å²) in [5, 5.41) is 12.2. The summed E-state index contributed by atoms with van der Waals surface area (Å²) in [5.74, 6) is 0.581. The van der Waals surface area contributed by atoms with Crippen molar-refractivity contribution in [1.82, 2.24) is 9.55 Å². The predicted octanol–water partition coefficient (Wildman–Crippen LogP) is 1.66. The van der Waals surface area contributed by atoms with E-state index < -0.39 is 0 Å². The zero-order chi connectivity index (χ0) is 9.90. The number of thioether (sulfide) groups is 1. The first-order chi connectivity index (χ1) is 6.11. The Hall–Kier alpha value is -0.970. The van der Waals surface area contributed by atoms with Gasteiger partial charge in [-0.15, -0.1) is 0 Å². The van der Waals surface area contributed by atoms with Crippen LogP contribution in [0.2, 0.25) is 0 Å². The molecule has 1 rings (SSSR count). The smallest absolute Gasteiger partial charge is 0.169 e. The van der Waals surface area contributed by atoms with E-state index in [0.717, 1.165) is 0 Å². The van der Waals surface area contributed by atoms with Crippen LogP contribution in [-0.2, 0) is 0 Å². The molecule has 4 nitrogen and oxygen atoms in total. The van der Waals surface area contributed by atoms with Crippen LogP contribution in [0.3, 0.4) is 0 Å². The molecule has 0 fully saturated rings. The zero-order valence-electron chi connectivity index (χ0n) is 7.93. The Morgan fingerprint density at radius 3 is 2.69 bits per heavy atom. The Morgan fingerprint density at radius 1 is 1.62 bits per heavy atom. The highest BCUT2D eigenvalue weighted by Gasteiger charge is 2.25. The molecule has 0 aliphatic heterocycles. The molecule has 72 valence electrons. The second kappa shape index (κ2) is 3.83. The number of aromatic nitrogens is 2. The van der Waals surface area contributed by atoms with E-state index in [1.807, 2.05) is 20.1 Å². The standard InChI is InChI=1S/C8H13N3OS/c1-8(2,13-3)7(10-12)11-5-4-9-6-11/h4-6,12H,1-3H3. The monoisotopic (exact) mass is 199 g/mol. The van der Waals surface area contributed by atoms with Crippen LogP contribution >= 0.6 is 11.8 Å². The Labute approximate surface area is 81.7 Å². The van der Waals surface area contributed by atoms with E-state index in [4.69, 9.17) is 5.21 Å². The van der Waals surface area contributed by atoms with Gasteiger partial charge in [-0.05, 0) is 20.1 Å². The molecule has 1 aromatic heterocycles. The summed E-state index contributed by atoms with van der Waals surface area (Å²) >= 11 is 1.62. The van der Waals surface area contributed by atoms with Gasteiger partial charge in [-0.3, -0.25) is 4.57 Å². The third kappa shape index (κ3) is 2.03. The van der Waals surface area contributed by atoms with E-state index in [-0.39, 0.29) is 4.75 Å². The molecule has 0 saturated heterocycles. The summed E-state index contributed by atoms with van der Waals surface area (Å²) < 4.78 is 1.48. The van der Waals surface area contributed by atoms with Crippen LogP contribution in [0.5, 0.6) is 0 Å². The second-order valence-electron chi connectivity index (χ2n) is 3.11. The van der Waals surface area contributed by atoms with Crippen molar-refractivity contribution in [2.75, 3.05) is 6.26 Å². The molecule has 1 heterocycles. The fraction of sp³-hybridized carbons (Fsp3) is 0.500. The topological polar surface area (TPSA) is 50.4 Å².